The summed E-state index contributed by atoms with van der Waals surface area (Å²) in [5, 5.41) is 17.9. The first kappa shape index (κ1) is 11.5. The molecule has 1 N–H and O–H groups in total. The van der Waals surface area contributed by atoms with Crippen molar-refractivity contribution in [1.82, 2.24) is 4.98 Å². The van der Waals surface area contributed by atoms with Crippen LogP contribution in [0.15, 0.2) is 18.2 Å². The summed E-state index contributed by atoms with van der Waals surface area (Å²) in [5.41, 5.74) is -0.00533. The van der Waals surface area contributed by atoms with E-state index in [1.54, 1.807) is 12.1 Å². The van der Waals surface area contributed by atoms with Crippen LogP contribution < -0.4 is 4.90 Å². The molecule has 1 rings (SSSR count). The van der Waals surface area contributed by atoms with Gasteiger partial charge in [-0.15, -0.1) is 0 Å². The molecule has 4 heteroatoms. The number of aromatic nitrogens is 1. The summed E-state index contributed by atoms with van der Waals surface area (Å²) in [6, 6.07) is 7.25. The first-order valence-electron chi connectivity index (χ1n) is 4.73. The smallest absolute Gasteiger partial charge is 0.142 e. The summed E-state index contributed by atoms with van der Waals surface area (Å²) < 4.78 is 0. The molecule has 0 aromatic carbocycles. The fraction of sp³-hybridized carbons (Fsp3) is 0.455. The van der Waals surface area contributed by atoms with E-state index in [4.69, 9.17) is 5.26 Å². The number of anilines is 1. The van der Waals surface area contributed by atoms with Gasteiger partial charge in [0.25, 0.3) is 0 Å². The molecule has 0 saturated heterocycles. The van der Waals surface area contributed by atoms with Crippen LogP contribution >= 0.6 is 0 Å². The van der Waals surface area contributed by atoms with Gasteiger partial charge in [-0.25, -0.2) is 4.98 Å². The van der Waals surface area contributed by atoms with Gasteiger partial charge < -0.3 is 10.0 Å². The number of aliphatic hydroxyl groups excluding tert-OH is 1. The fourth-order valence-corrected chi connectivity index (χ4v) is 1.09. The highest BCUT2D eigenvalue weighted by Gasteiger charge is 2.23. The molecule has 0 radical (unpaired) electrons. The zero-order chi connectivity index (χ0) is 11.5. The van der Waals surface area contributed by atoms with Gasteiger partial charge in [0.1, 0.15) is 17.6 Å². The number of hydrogen-bond acceptors (Lipinski definition) is 4. The van der Waals surface area contributed by atoms with E-state index >= 15 is 0 Å². The monoisotopic (exact) mass is 205 g/mol. The van der Waals surface area contributed by atoms with Crippen molar-refractivity contribution < 1.29 is 5.11 Å². The summed E-state index contributed by atoms with van der Waals surface area (Å²) in [6.45, 7) is 3.85. The van der Waals surface area contributed by atoms with Gasteiger partial charge in [-0.05, 0) is 26.0 Å². The third kappa shape index (κ3) is 2.45. The Hall–Kier alpha value is -1.60. The third-order valence-electron chi connectivity index (χ3n) is 2.49. The Morgan fingerprint density at radius 3 is 2.73 bits per heavy atom. The van der Waals surface area contributed by atoms with Gasteiger partial charge >= 0.3 is 0 Å². The Bertz CT molecular complexity index is 382. The van der Waals surface area contributed by atoms with E-state index in [-0.39, 0.29) is 12.1 Å². The molecule has 4 nitrogen and oxygen atoms in total. The molecule has 0 bridgehead atoms. The molecule has 0 spiro atoms. The van der Waals surface area contributed by atoms with Crippen LogP contribution in [-0.4, -0.2) is 29.3 Å². The van der Waals surface area contributed by atoms with Crippen molar-refractivity contribution in [3.05, 3.63) is 23.9 Å². The van der Waals surface area contributed by atoms with Crippen molar-refractivity contribution in [1.29, 1.82) is 5.26 Å². The highest BCUT2D eigenvalue weighted by molar-refractivity contribution is 5.43. The van der Waals surface area contributed by atoms with Crippen molar-refractivity contribution in [2.24, 2.45) is 0 Å². The molecule has 1 aromatic heterocycles. The van der Waals surface area contributed by atoms with Crippen LogP contribution in [0.1, 0.15) is 19.5 Å². The quantitative estimate of drug-likeness (QED) is 0.804. The number of aliphatic hydroxyl groups is 1. The molecular weight excluding hydrogens is 190 g/mol. The lowest BCUT2D eigenvalue weighted by Crippen LogP contribution is -2.44. The van der Waals surface area contributed by atoms with Gasteiger partial charge in [-0.3, -0.25) is 0 Å². The Balaban J connectivity index is 3.02. The molecule has 15 heavy (non-hydrogen) atoms. The van der Waals surface area contributed by atoms with E-state index in [2.05, 4.69) is 4.98 Å². The van der Waals surface area contributed by atoms with Crippen LogP contribution in [0.5, 0.6) is 0 Å². The van der Waals surface area contributed by atoms with Crippen LogP contribution in [0, 0.1) is 11.3 Å². The average Bonchev–Trinajstić information content (AvgIpc) is 2.28. The molecule has 0 fully saturated rings. The number of hydrogen-bond donors (Lipinski definition) is 1. The predicted molar refractivity (Wildman–Crippen MR) is 58.5 cm³/mol. The minimum atomic E-state index is -0.388. The summed E-state index contributed by atoms with van der Waals surface area (Å²) in [5.74, 6) is 0.688. The highest BCUT2D eigenvalue weighted by atomic mass is 16.3. The maximum absolute atomic E-state index is 9.22. The maximum atomic E-state index is 9.22. The lowest BCUT2D eigenvalue weighted by Gasteiger charge is -2.34. The zero-order valence-electron chi connectivity index (χ0n) is 9.23. The Labute approximate surface area is 89.8 Å². The molecule has 0 aliphatic rings. The largest absolute Gasteiger partial charge is 0.394 e. The van der Waals surface area contributed by atoms with Crippen LogP contribution in [0.2, 0.25) is 0 Å². The lowest BCUT2D eigenvalue weighted by atomic mass is 10.1. The molecular formula is C11H15N3O. The Kier molecular flexibility index (Phi) is 3.28. The minimum Gasteiger partial charge on any atom is -0.394 e. The van der Waals surface area contributed by atoms with Crippen molar-refractivity contribution in [2.75, 3.05) is 18.6 Å². The Morgan fingerprint density at radius 2 is 2.20 bits per heavy atom. The minimum absolute atomic E-state index is 0.0297. The highest BCUT2D eigenvalue weighted by Crippen LogP contribution is 2.19. The summed E-state index contributed by atoms with van der Waals surface area (Å²) >= 11 is 0. The molecule has 1 aromatic rings. The van der Waals surface area contributed by atoms with Gasteiger partial charge in [0, 0.05) is 7.05 Å². The van der Waals surface area contributed by atoms with E-state index in [9.17, 15) is 5.11 Å². The van der Waals surface area contributed by atoms with Crippen molar-refractivity contribution in [3.63, 3.8) is 0 Å². The number of nitriles is 1. The molecule has 0 aliphatic carbocycles. The molecule has 0 aliphatic heterocycles. The number of likely N-dealkylation sites (N-methyl/N-ethyl adjacent to an activating group) is 1. The maximum Gasteiger partial charge on any atom is 0.142 e. The van der Waals surface area contributed by atoms with E-state index in [1.807, 2.05) is 37.9 Å². The SMILES string of the molecule is CN(c1cccc(C#N)n1)C(C)(C)CO. The van der Waals surface area contributed by atoms with Gasteiger partial charge in [-0.2, -0.15) is 5.26 Å². The molecule has 0 saturated carbocycles. The first-order valence-corrected chi connectivity index (χ1v) is 4.73. The molecule has 0 atom stereocenters. The fourth-order valence-electron chi connectivity index (χ4n) is 1.09. The average molecular weight is 205 g/mol. The van der Waals surface area contributed by atoms with Gasteiger partial charge in [0.15, 0.2) is 0 Å². The van der Waals surface area contributed by atoms with Crippen molar-refractivity contribution in [3.8, 4) is 6.07 Å². The molecule has 0 unspecified atom stereocenters. The second-order valence-electron chi connectivity index (χ2n) is 4.02. The van der Waals surface area contributed by atoms with Crippen molar-refractivity contribution >= 4 is 5.82 Å². The second kappa shape index (κ2) is 4.28. The van der Waals surface area contributed by atoms with Gasteiger partial charge in [0.2, 0.25) is 0 Å². The van der Waals surface area contributed by atoms with Crippen LogP contribution in [0.25, 0.3) is 0 Å². The van der Waals surface area contributed by atoms with E-state index in [0.29, 0.717) is 11.5 Å². The second-order valence-corrected chi connectivity index (χ2v) is 4.02. The Morgan fingerprint density at radius 1 is 1.53 bits per heavy atom. The molecule has 0 amide bonds. The topological polar surface area (TPSA) is 60.2 Å². The van der Waals surface area contributed by atoms with Gasteiger partial charge in [0.05, 0.1) is 12.1 Å². The third-order valence-corrected chi connectivity index (χ3v) is 2.49. The summed E-state index contributed by atoms with van der Waals surface area (Å²) in [6.07, 6.45) is 0. The first-order chi connectivity index (χ1) is 7.01. The van der Waals surface area contributed by atoms with Crippen LogP contribution in [-0.2, 0) is 0 Å². The van der Waals surface area contributed by atoms with Crippen LogP contribution in [0.3, 0.4) is 0 Å². The standard InChI is InChI=1S/C11H15N3O/c1-11(2,8-15)14(3)10-6-4-5-9(7-12)13-10/h4-6,15H,8H2,1-3H3. The molecule has 80 valence electrons. The predicted octanol–water partition coefficient (Wildman–Crippen LogP) is 1.16. The van der Waals surface area contributed by atoms with Crippen molar-refractivity contribution in [2.45, 2.75) is 19.4 Å². The normalized spacial score (nSPS) is 10.9. The molecule has 1 heterocycles. The van der Waals surface area contributed by atoms with E-state index in [1.165, 1.54) is 0 Å². The van der Waals surface area contributed by atoms with Crippen LogP contribution in [0.4, 0.5) is 5.82 Å². The summed E-state index contributed by atoms with van der Waals surface area (Å²) in [4.78, 5) is 6.01. The van der Waals surface area contributed by atoms with E-state index < -0.39 is 0 Å². The number of nitrogens with zero attached hydrogens (tertiary/aromatic N) is 3. The van der Waals surface area contributed by atoms with E-state index in [0.717, 1.165) is 0 Å². The zero-order valence-corrected chi connectivity index (χ0v) is 9.23. The lowest BCUT2D eigenvalue weighted by molar-refractivity contribution is 0.215. The van der Waals surface area contributed by atoms with Gasteiger partial charge in [-0.1, -0.05) is 6.07 Å². The number of pyridine rings is 1. The number of rotatable bonds is 3. The summed E-state index contributed by atoms with van der Waals surface area (Å²) in [7, 11) is 1.85.